The van der Waals surface area contributed by atoms with Crippen LogP contribution in [0, 0.1) is 11.8 Å². The summed E-state index contributed by atoms with van der Waals surface area (Å²) in [4.78, 5) is 34.0. The summed E-state index contributed by atoms with van der Waals surface area (Å²) in [5.41, 5.74) is 0.416. The first-order valence-electron chi connectivity index (χ1n) is 9.35. The number of hydrogen-bond donors (Lipinski definition) is 0. The first-order valence-corrected chi connectivity index (χ1v) is 9.35. The highest BCUT2D eigenvalue weighted by atomic mass is 16.2. The molecule has 6 nitrogen and oxygen atoms in total. The molecule has 2 saturated carbocycles. The molecule has 4 atom stereocenters. The van der Waals surface area contributed by atoms with Crippen molar-refractivity contribution in [1.29, 1.82) is 0 Å². The fourth-order valence-corrected chi connectivity index (χ4v) is 4.82. The van der Waals surface area contributed by atoms with Crippen LogP contribution in [0.2, 0.25) is 0 Å². The largest absolute Gasteiger partial charge is 0.338 e. The van der Waals surface area contributed by atoms with Crippen molar-refractivity contribution in [2.45, 2.75) is 37.8 Å². The molecule has 0 bridgehead atoms. The number of rotatable bonds is 3. The van der Waals surface area contributed by atoms with E-state index >= 15 is 0 Å². The molecule has 1 amide bonds. The van der Waals surface area contributed by atoms with Crippen molar-refractivity contribution >= 4 is 11.6 Å². The zero-order chi connectivity index (χ0) is 18.4. The van der Waals surface area contributed by atoms with E-state index in [1.54, 1.807) is 23.2 Å². The Labute approximate surface area is 153 Å². The van der Waals surface area contributed by atoms with E-state index in [1.807, 2.05) is 13.1 Å². The summed E-state index contributed by atoms with van der Waals surface area (Å²) in [6.45, 7) is 0. The lowest BCUT2D eigenvalue weighted by Crippen LogP contribution is -2.39. The molecule has 2 aliphatic carbocycles. The van der Waals surface area contributed by atoms with Gasteiger partial charge in [0.2, 0.25) is 0 Å². The van der Waals surface area contributed by atoms with E-state index in [1.165, 1.54) is 23.4 Å². The summed E-state index contributed by atoms with van der Waals surface area (Å²) in [5.74, 6) is 1.17. The van der Waals surface area contributed by atoms with Crippen LogP contribution in [0.4, 0.5) is 0 Å². The van der Waals surface area contributed by atoms with E-state index in [-0.39, 0.29) is 23.1 Å². The van der Waals surface area contributed by atoms with Crippen LogP contribution < -0.4 is 5.56 Å². The Balaban J connectivity index is 1.52. The van der Waals surface area contributed by atoms with Gasteiger partial charge in [0, 0.05) is 31.5 Å². The first kappa shape index (κ1) is 17.2. The number of carbonyl (C=O) groups excluding carboxylic acids is 1. The molecule has 2 aromatic heterocycles. The van der Waals surface area contributed by atoms with Gasteiger partial charge in [-0.15, -0.1) is 0 Å². The average Bonchev–Trinajstić information content (AvgIpc) is 3.20. The fraction of sp³-hybridized carbons (Fsp3) is 0.550. The quantitative estimate of drug-likeness (QED) is 0.845. The number of fused-ring (bicyclic) bond motifs is 2. The Morgan fingerprint density at radius 3 is 2.38 bits per heavy atom. The maximum absolute atomic E-state index is 13.0. The Morgan fingerprint density at radius 1 is 1.08 bits per heavy atom. The van der Waals surface area contributed by atoms with Gasteiger partial charge in [-0.2, -0.15) is 0 Å². The van der Waals surface area contributed by atoms with E-state index in [2.05, 4.69) is 24.0 Å². The zero-order valence-corrected chi connectivity index (χ0v) is 15.6. The van der Waals surface area contributed by atoms with E-state index in [4.69, 9.17) is 0 Å². The molecule has 0 aromatic carbocycles. The second-order valence-corrected chi connectivity index (χ2v) is 8.06. The second-order valence-electron chi connectivity index (χ2n) is 8.06. The minimum atomic E-state index is -0.293. The highest BCUT2D eigenvalue weighted by Gasteiger charge is 2.44. The predicted molar refractivity (Wildman–Crippen MR) is 100 cm³/mol. The summed E-state index contributed by atoms with van der Waals surface area (Å²) in [5, 5.41) is 0. The number of aromatic nitrogens is 2. The van der Waals surface area contributed by atoms with Gasteiger partial charge in [-0.05, 0) is 63.7 Å². The lowest BCUT2D eigenvalue weighted by atomic mass is 10.0. The van der Waals surface area contributed by atoms with Crippen molar-refractivity contribution in [3.63, 3.8) is 0 Å². The van der Waals surface area contributed by atoms with Crippen LogP contribution in [0.1, 0.15) is 36.0 Å². The van der Waals surface area contributed by atoms with E-state index < -0.39 is 0 Å². The fourth-order valence-electron chi connectivity index (χ4n) is 4.82. The number of hydrogen-bond acceptors (Lipinski definition) is 4. The molecule has 0 saturated heterocycles. The normalized spacial score (nSPS) is 27.8. The van der Waals surface area contributed by atoms with Gasteiger partial charge in [-0.25, -0.2) is 4.98 Å². The van der Waals surface area contributed by atoms with E-state index in [0.717, 1.165) is 12.8 Å². The number of carbonyl (C=O) groups is 1. The van der Waals surface area contributed by atoms with Crippen molar-refractivity contribution in [2.75, 3.05) is 21.1 Å². The monoisotopic (exact) mass is 354 g/mol. The number of amides is 1. The van der Waals surface area contributed by atoms with Crippen LogP contribution >= 0.6 is 0 Å². The third-order valence-corrected chi connectivity index (χ3v) is 6.41. The Morgan fingerprint density at radius 2 is 1.73 bits per heavy atom. The number of pyridine rings is 1. The molecule has 0 spiro atoms. The summed E-state index contributed by atoms with van der Waals surface area (Å²) < 4.78 is 1.44. The van der Waals surface area contributed by atoms with E-state index in [9.17, 15) is 9.59 Å². The van der Waals surface area contributed by atoms with Crippen LogP contribution in [-0.4, -0.2) is 58.3 Å². The molecule has 138 valence electrons. The van der Waals surface area contributed by atoms with Gasteiger partial charge in [0.15, 0.2) is 0 Å². The third kappa shape index (κ3) is 2.82. The molecule has 2 aromatic rings. The van der Waals surface area contributed by atoms with E-state index in [0.29, 0.717) is 23.5 Å². The summed E-state index contributed by atoms with van der Waals surface area (Å²) in [7, 11) is 6.13. The van der Waals surface area contributed by atoms with Gasteiger partial charge in [0.05, 0.1) is 0 Å². The zero-order valence-electron chi connectivity index (χ0n) is 15.6. The molecule has 2 fully saturated rings. The topological polar surface area (TPSA) is 57.9 Å². The summed E-state index contributed by atoms with van der Waals surface area (Å²) in [6, 6.07) is 6.25. The third-order valence-electron chi connectivity index (χ3n) is 6.41. The van der Waals surface area contributed by atoms with Crippen molar-refractivity contribution in [3.05, 3.63) is 46.5 Å². The SMILES string of the molecule is CN(C)C1C[C@@H]2CC(N(C)C(=O)c3cnc4ccccn4c3=O)C[C@@H]2C1. The lowest BCUT2D eigenvalue weighted by molar-refractivity contribution is 0.0724. The minimum Gasteiger partial charge on any atom is -0.338 e. The Kier molecular flexibility index (Phi) is 4.31. The standard InChI is InChI=1S/C20H26N4O2/c1-22(2)15-8-13-10-16(11-14(13)9-15)23(3)19(25)17-12-21-18-6-4-5-7-24(18)20(17)26/h4-7,12-16H,8-11H2,1-3H3/t13-,14+,15?,16?. The second kappa shape index (κ2) is 6.50. The number of nitrogens with zero attached hydrogens (tertiary/aromatic N) is 4. The highest BCUT2D eigenvalue weighted by Crippen LogP contribution is 2.46. The molecule has 2 unspecified atom stereocenters. The average molecular weight is 354 g/mol. The molecule has 4 rings (SSSR count). The molecular weight excluding hydrogens is 328 g/mol. The van der Waals surface area contributed by atoms with Crippen LogP contribution in [-0.2, 0) is 0 Å². The van der Waals surface area contributed by atoms with Gasteiger partial charge < -0.3 is 9.80 Å². The molecule has 2 heterocycles. The molecule has 0 N–H and O–H groups in total. The van der Waals surface area contributed by atoms with Crippen molar-refractivity contribution in [2.24, 2.45) is 11.8 Å². The highest BCUT2D eigenvalue weighted by molar-refractivity contribution is 5.93. The summed E-state index contributed by atoms with van der Waals surface area (Å²) >= 11 is 0. The van der Waals surface area contributed by atoms with Crippen molar-refractivity contribution < 1.29 is 4.79 Å². The van der Waals surface area contributed by atoms with Crippen molar-refractivity contribution in [1.82, 2.24) is 19.2 Å². The maximum Gasteiger partial charge on any atom is 0.270 e. The van der Waals surface area contributed by atoms with Gasteiger partial charge in [-0.3, -0.25) is 14.0 Å². The van der Waals surface area contributed by atoms with Gasteiger partial charge >= 0.3 is 0 Å². The van der Waals surface area contributed by atoms with Gasteiger partial charge in [-0.1, -0.05) is 6.07 Å². The van der Waals surface area contributed by atoms with Crippen molar-refractivity contribution in [3.8, 4) is 0 Å². The molecule has 6 heteroatoms. The Hall–Kier alpha value is -2.21. The summed E-state index contributed by atoms with van der Waals surface area (Å²) in [6.07, 6.45) is 7.60. The molecule has 0 aliphatic heterocycles. The smallest absolute Gasteiger partial charge is 0.270 e. The predicted octanol–water partition coefficient (Wildman–Crippen LogP) is 1.89. The Bertz CT molecular complexity index is 877. The lowest BCUT2D eigenvalue weighted by Gasteiger charge is -2.27. The molecular formula is C20H26N4O2. The van der Waals surface area contributed by atoms with Gasteiger partial charge in [0.25, 0.3) is 11.5 Å². The molecule has 0 radical (unpaired) electrons. The van der Waals surface area contributed by atoms with Crippen LogP contribution in [0.15, 0.2) is 35.4 Å². The van der Waals surface area contributed by atoms with Crippen LogP contribution in [0.25, 0.3) is 5.65 Å². The van der Waals surface area contributed by atoms with Crippen LogP contribution in [0.3, 0.4) is 0 Å². The van der Waals surface area contributed by atoms with Crippen LogP contribution in [0.5, 0.6) is 0 Å². The molecule has 2 aliphatic rings. The maximum atomic E-state index is 13.0. The minimum absolute atomic E-state index is 0.152. The van der Waals surface area contributed by atoms with Gasteiger partial charge in [0.1, 0.15) is 11.2 Å². The molecule has 26 heavy (non-hydrogen) atoms. The first-order chi connectivity index (χ1) is 12.5.